The van der Waals surface area contributed by atoms with E-state index >= 15 is 0 Å². The normalized spacial score (nSPS) is 16.7. The molecule has 1 aliphatic heterocycles. The summed E-state index contributed by atoms with van der Waals surface area (Å²) in [5.74, 6) is -1.42. The molecule has 24 heavy (non-hydrogen) atoms. The van der Waals surface area contributed by atoms with Gasteiger partial charge in [0.2, 0.25) is 11.4 Å². The van der Waals surface area contributed by atoms with Gasteiger partial charge in [-0.2, -0.15) is 4.39 Å². The first-order valence-electron chi connectivity index (χ1n) is 7.37. The van der Waals surface area contributed by atoms with E-state index in [1.807, 2.05) is 6.92 Å². The Morgan fingerprint density at radius 3 is 2.79 bits per heavy atom. The van der Waals surface area contributed by atoms with Gasteiger partial charge in [0.25, 0.3) is 0 Å². The third-order valence-electron chi connectivity index (χ3n) is 3.47. The number of ether oxygens (including phenoxy) is 2. The van der Waals surface area contributed by atoms with E-state index in [-0.39, 0.29) is 28.1 Å². The number of aromatic nitrogens is 1. The van der Waals surface area contributed by atoms with Gasteiger partial charge in [-0.05, 0) is 13.0 Å². The molecule has 130 valence electrons. The molecule has 0 bridgehead atoms. The van der Waals surface area contributed by atoms with Gasteiger partial charge in [-0.25, -0.2) is 4.39 Å². The number of nitrogens with one attached hydrogen (secondary N) is 1. The number of thioether (sulfide) groups is 1. The number of halogens is 2. The maximum Gasteiger partial charge on any atom is 0.207 e. The summed E-state index contributed by atoms with van der Waals surface area (Å²) in [5.41, 5.74) is -0.308. The highest BCUT2D eigenvalue weighted by Crippen LogP contribution is 2.34. The fourth-order valence-corrected chi connectivity index (χ4v) is 2.93. The molecule has 1 aliphatic rings. The van der Waals surface area contributed by atoms with Crippen LogP contribution >= 0.6 is 11.8 Å². The Balaban J connectivity index is 1.90. The van der Waals surface area contributed by atoms with Gasteiger partial charge < -0.3 is 19.3 Å². The van der Waals surface area contributed by atoms with E-state index < -0.39 is 17.9 Å². The van der Waals surface area contributed by atoms with Crippen molar-refractivity contribution >= 4 is 33.7 Å². The van der Waals surface area contributed by atoms with Crippen LogP contribution in [-0.4, -0.2) is 35.3 Å². The molecular weight excluding hydrogens is 342 g/mol. The first-order valence-corrected chi connectivity index (χ1v) is 8.36. The minimum absolute atomic E-state index is 0.000376. The smallest absolute Gasteiger partial charge is 0.207 e. The molecule has 3 rings (SSSR count). The molecule has 1 aromatic heterocycles. The molecule has 6 nitrogen and oxygen atoms in total. The highest BCUT2D eigenvalue weighted by atomic mass is 32.2. The Morgan fingerprint density at radius 2 is 2.12 bits per heavy atom. The van der Waals surface area contributed by atoms with Gasteiger partial charge in [0, 0.05) is 24.3 Å². The second-order valence-corrected chi connectivity index (χ2v) is 6.62. The van der Waals surface area contributed by atoms with Gasteiger partial charge in [-0.3, -0.25) is 4.79 Å². The molecule has 2 heterocycles. The fraction of sp³-hybridized carbons (Fsp3) is 0.467. The molecule has 0 unspecified atom stereocenters. The Labute approximate surface area is 140 Å². The number of hydrogen-bond donors (Lipinski definition) is 1. The summed E-state index contributed by atoms with van der Waals surface area (Å²) < 4.78 is 43.8. The molecule has 0 amide bonds. The maximum absolute atomic E-state index is 14.2. The van der Waals surface area contributed by atoms with E-state index in [1.54, 1.807) is 0 Å². The van der Waals surface area contributed by atoms with Crippen LogP contribution in [0.15, 0.2) is 10.6 Å². The van der Waals surface area contributed by atoms with Crippen molar-refractivity contribution in [3.63, 3.8) is 0 Å². The largest absolute Gasteiger partial charge is 0.363 e. The van der Waals surface area contributed by atoms with Gasteiger partial charge in [0.05, 0.1) is 18.6 Å². The van der Waals surface area contributed by atoms with Crippen LogP contribution < -0.4 is 5.32 Å². The van der Waals surface area contributed by atoms with Crippen LogP contribution in [0.25, 0.3) is 11.0 Å². The molecule has 0 spiro atoms. The molecule has 0 radical (unpaired) electrons. The van der Waals surface area contributed by atoms with E-state index in [9.17, 15) is 13.6 Å². The molecule has 1 N–H and O–H groups in total. The lowest BCUT2D eigenvalue weighted by Gasteiger charge is -2.13. The fourth-order valence-electron chi connectivity index (χ4n) is 2.37. The zero-order valence-corrected chi connectivity index (χ0v) is 13.9. The maximum atomic E-state index is 14.2. The number of hydrogen-bond acceptors (Lipinski definition) is 7. The highest BCUT2D eigenvalue weighted by molar-refractivity contribution is 8.13. The number of fused-ring (bicyclic) bond motifs is 1. The molecule has 9 heteroatoms. The minimum atomic E-state index is -1.13. The van der Waals surface area contributed by atoms with Crippen molar-refractivity contribution in [1.82, 2.24) is 5.16 Å². The molecule has 0 saturated carbocycles. The number of nitrogens with zero attached hydrogens (tertiary/aromatic N) is 1. The van der Waals surface area contributed by atoms with Crippen LogP contribution in [0.2, 0.25) is 0 Å². The number of anilines is 1. The van der Waals surface area contributed by atoms with Gasteiger partial charge in [-0.15, -0.1) is 0 Å². The number of benzene rings is 1. The van der Waals surface area contributed by atoms with Crippen LogP contribution in [0.3, 0.4) is 0 Å². The summed E-state index contributed by atoms with van der Waals surface area (Å²) in [6.07, 6.45) is -0.947. The second-order valence-electron chi connectivity index (χ2n) is 5.42. The van der Waals surface area contributed by atoms with Crippen molar-refractivity contribution in [3.8, 4) is 0 Å². The van der Waals surface area contributed by atoms with E-state index in [1.165, 1.54) is 13.0 Å². The van der Waals surface area contributed by atoms with E-state index in [4.69, 9.17) is 14.0 Å². The Hall–Kier alpha value is -1.71. The van der Waals surface area contributed by atoms with Crippen LogP contribution in [0.4, 0.5) is 14.6 Å². The lowest BCUT2D eigenvalue weighted by atomic mass is 10.1. The van der Waals surface area contributed by atoms with Crippen molar-refractivity contribution in [2.45, 2.75) is 26.2 Å². The van der Waals surface area contributed by atoms with Gasteiger partial charge in [0.1, 0.15) is 0 Å². The third kappa shape index (κ3) is 3.38. The average Bonchev–Trinajstić information content (AvgIpc) is 3.19. The van der Waals surface area contributed by atoms with Crippen LogP contribution in [-0.2, 0) is 14.3 Å². The van der Waals surface area contributed by atoms with Crippen molar-refractivity contribution in [1.29, 1.82) is 0 Å². The molecule has 1 saturated heterocycles. The van der Waals surface area contributed by atoms with Gasteiger partial charge in [-0.1, -0.05) is 16.9 Å². The quantitative estimate of drug-likeness (QED) is 0.879. The van der Waals surface area contributed by atoms with Crippen LogP contribution in [0.1, 0.15) is 25.7 Å². The summed E-state index contributed by atoms with van der Waals surface area (Å²) in [7, 11) is 0. The Bertz CT molecular complexity index is 762. The van der Waals surface area contributed by atoms with Gasteiger partial charge in [0.15, 0.2) is 23.0 Å². The third-order valence-corrected chi connectivity index (χ3v) is 4.54. The predicted octanol–water partition coefficient (Wildman–Crippen LogP) is 3.23. The van der Waals surface area contributed by atoms with Gasteiger partial charge >= 0.3 is 0 Å². The summed E-state index contributed by atoms with van der Waals surface area (Å²) in [6.45, 7) is 3.96. The zero-order chi connectivity index (χ0) is 17.3. The monoisotopic (exact) mass is 358 g/mol. The Kier molecular flexibility index (Phi) is 5.02. The lowest BCUT2D eigenvalue weighted by molar-refractivity contribution is -0.109. The van der Waals surface area contributed by atoms with E-state index in [0.29, 0.717) is 24.4 Å². The zero-order valence-electron chi connectivity index (χ0n) is 13.1. The summed E-state index contributed by atoms with van der Waals surface area (Å²) in [6, 6.07) is 1.29. The van der Waals surface area contributed by atoms with Crippen molar-refractivity contribution in [3.05, 3.63) is 23.3 Å². The summed E-state index contributed by atoms with van der Waals surface area (Å²) in [4.78, 5) is 11.0. The van der Waals surface area contributed by atoms with Crippen LogP contribution in [0.5, 0.6) is 0 Å². The molecule has 1 aromatic carbocycles. The average molecular weight is 358 g/mol. The highest BCUT2D eigenvalue weighted by Gasteiger charge is 2.28. The van der Waals surface area contributed by atoms with E-state index in [2.05, 4.69) is 10.5 Å². The van der Waals surface area contributed by atoms with Crippen molar-refractivity contribution in [2.24, 2.45) is 0 Å². The number of rotatable bonds is 5. The molecular formula is C15H16F2N2O4S. The number of carbonyl (C=O) groups is 1. The topological polar surface area (TPSA) is 73.6 Å². The SMILES string of the molecule is CC(=O)SC[C@@H](C)Nc1noc2c(F)c(F)c(C3OCCO3)cc12. The summed E-state index contributed by atoms with van der Waals surface area (Å²) >= 11 is 1.16. The Morgan fingerprint density at radius 1 is 1.42 bits per heavy atom. The first-order chi connectivity index (χ1) is 11.5. The second kappa shape index (κ2) is 7.04. The van der Waals surface area contributed by atoms with Crippen LogP contribution in [0, 0.1) is 11.6 Å². The standard InChI is InChI=1S/C15H16F2N2O4S/c1-7(6-24-8(2)20)18-14-10-5-9(15-21-3-4-22-15)11(16)12(17)13(10)23-19-14/h5,7,15H,3-4,6H2,1-2H3,(H,18,19)/t7-/m1/s1. The minimum Gasteiger partial charge on any atom is -0.363 e. The number of carbonyl (C=O) groups excluding carboxylic acids is 1. The lowest BCUT2D eigenvalue weighted by Crippen LogP contribution is -2.19. The summed E-state index contributed by atoms with van der Waals surface area (Å²) in [5, 5.41) is 7.09. The van der Waals surface area contributed by atoms with Crippen molar-refractivity contribution in [2.75, 3.05) is 24.3 Å². The first kappa shape index (κ1) is 17.1. The molecule has 1 fully saturated rings. The predicted molar refractivity (Wildman–Crippen MR) is 84.8 cm³/mol. The van der Waals surface area contributed by atoms with Crippen molar-refractivity contribution < 1.29 is 27.6 Å². The molecule has 1 atom stereocenters. The molecule has 2 aromatic rings. The molecule has 0 aliphatic carbocycles. The van der Waals surface area contributed by atoms with E-state index in [0.717, 1.165) is 11.8 Å².